The van der Waals surface area contributed by atoms with E-state index in [2.05, 4.69) is 0 Å². The predicted octanol–water partition coefficient (Wildman–Crippen LogP) is 1.30. The summed E-state index contributed by atoms with van der Waals surface area (Å²) in [5.41, 5.74) is -0.362. The van der Waals surface area contributed by atoms with Crippen LogP contribution in [0.4, 0.5) is 0 Å². The van der Waals surface area contributed by atoms with E-state index in [0.29, 0.717) is 13.0 Å². The van der Waals surface area contributed by atoms with E-state index in [-0.39, 0.29) is 11.2 Å². The van der Waals surface area contributed by atoms with Gasteiger partial charge in [0.2, 0.25) is 10.0 Å². The molecule has 1 aliphatic rings. The fourth-order valence-corrected chi connectivity index (χ4v) is 4.37. The summed E-state index contributed by atoms with van der Waals surface area (Å²) in [4.78, 5) is 11.1. The molecule has 100 valence electrons. The number of piperidine rings is 1. The van der Waals surface area contributed by atoms with Crippen LogP contribution in [0.15, 0.2) is 0 Å². The SMILES string of the molecule is CC(C)(C)CS(=O)(=O)N1CCCC[C@H]1C(=O)O. The molecule has 0 spiro atoms. The van der Waals surface area contributed by atoms with Crippen LogP contribution in [0.5, 0.6) is 0 Å². The van der Waals surface area contributed by atoms with Crippen LogP contribution in [-0.4, -0.2) is 42.1 Å². The standard InChI is InChI=1S/C11H21NO4S/c1-11(2,3)8-17(15,16)12-7-5-4-6-9(12)10(13)14/h9H,4-8H2,1-3H3,(H,13,14)/t9-/m0/s1. The van der Waals surface area contributed by atoms with Crippen LogP contribution in [-0.2, 0) is 14.8 Å². The first kappa shape index (κ1) is 14.4. The summed E-state index contributed by atoms with van der Waals surface area (Å²) in [6, 6.07) is -0.879. The van der Waals surface area contributed by atoms with E-state index in [1.54, 1.807) is 0 Å². The Labute approximate surface area is 103 Å². The van der Waals surface area contributed by atoms with Gasteiger partial charge in [0.05, 0.1) is 5.75 Å². The van der Waals surface area contributed by atoms with Crippen molar-refractivity contribution < 1.29 is 18.3 Å². The van der Waals surface area contributed by atoms with Gasteiger partial charge in [-0.15, -0.1) is 0 Å². The summed E-state index contributed by atoms with van der Waals surface area (Å²) in [6.07, 6.45) is 1.93. The molecule has 1 aliphatic heterocycles. The van der Waals surface area contributed by atoms with Gasteiger partial charge in [-0.05, 0) is 24.7 Å². The van der Waals surface area contributed by atoms with Gasteiger partial charge in [-0.25, -0.2) is 8.42 Å². The number of carboxylic acids is 1. The van der Waals surface area contributed by atoms with Gasteiger partial charge in [-0.3, -0.25) is 4.79 Å². The molecule has 0 aromatic carbocycles. The number of sulfonamides is 1. The quantitative estimate of drug-likeness (QED) is 0.833. The molecular formula is C11H21NO4S. The summed E-state index contributed by atoms with van der Waals surface area (Å²) in [6.45, 7) is 5.84. The molecule has 1 saturated heterocycles. The van der Waals surface area contributed by atoms with Gasteiger partial charge in [0.15, 0.2) is 0 Å². The lowest BCUT2D eigenvalue weighted by atomic mass is 10.0. The van der Waals surface area contributed by atoms with Crippen LogP contribution < -0.4 is 0 Å². The average molecular weight is 263 g/mol. The largest absolute Gasteiger partial charge is 0.480 e. The number of rotatable bonds is 3. The fraction of sp³-hybridized carbons (Fsp3) is 0.909. The first-order chi connectivity index (χ1) is 7.63. The number of carbonyl (C=O) groups is 1. The highest BCUT2D eigenvalue weighted by atomic mass is 32.2. The van der Waals surface area contributed by atoms with Gasteiger partial charge >= 0.3 is 5.97 Å². The molecule has 0 aromatic heterocycles. The third-order valence-electron chi connectivity index (χ3n) is 2.71. The Morgan fingerprint density at radius 1 is 1.35 bits per heavy atom. The van der Waals surface area contributed by atoms with Crippen LogP contribution in [0.1, 0.15) is 40.0 Å². The van der Waals surface area contributed by atoms with Gasteiger partial charge < -0.3 is 5.11 Å². The first-order valence-electron chi connectivity index (χ1n) is 5.86. The summed E-state index contributed by atoms with van der Waals surface area (Å²) in [5.74, 6) is -1.05. The average Bonchev–Trinajstić information content (AvgIpc) is 2.14. The Morgan fingerprint density at radius 3 is 2.41 bits per heavy atom. The van der Waals surface area contributed by atoms with Gasteiger partial charge in [0, 0.05) is 6.54 Å². The van der Waals surface area contributed by atoms with E-state index in [9.17, 15) is 13.2 Å². The van der Waals surface area contributed by atoms with E-state index < -0.39 is 22.0 Å². The minimum Gasteiger partial charge on any atom is -0.480 e. The second-order valence-electron chi connectivity index (χ2n) is 5.78. The van der Waals surface area contributed by atoms with E-state index >= 15 is 0 Å². The summed E-state index contributed by atoms with van der Waals surface area (Å²) < 4.78 is 25.5. The molecule has 0 aromatic rings. The highest BCUT2D eigenvalue weighted by Crippen LogP contribution is 2.25. The number of hydrogen-bond acceptors (Lipinski definition) is 3. The Bertz CT molecular complexity index is 383. The zero-order valence-electron chi connectivity index (χ0n) is 10.6. The zero-order chi connectivity index (χ0) is 13.3. The minimum absolute atomic E-state index is 0.0101. The summed E-state index contributed by atoms with van der Waals surface area (Å²) in [5, 5.41) is 9.06. The van der Waals surface area contributed by atoms with Gasteiger partial charge in [0.25, 0.3) is 0 Å². The third kappa shape index (κ3) is 3.96. The van der Waals surface area contributed by atoms with Gasteiger partial charge in [0.1, 0.15) is 6.04 Å². The van der Waals surface area contributed by atoms with Crippen molar-refractivity contribution in [2.75, 3.05) is 12.3 Å². The number of nitrogens with zero attached hydrogens (tertiary/aromatic N) is 1. The summed E-state index contributed by atoms with van der Waals surface area (Å²) >= 11 is 0. The van der Waals surface area contributed by atoms with E-state index in [1.165, 1.54) is 4.31 Å². The molecule has 0 unspecified atom stereocenters. The molecule has 1 heterocycles. The Morgan fingerprint density at radius 2 is 1.94 bits per heavy atom. The molecule has 17 heavy (non-hydrogen) atoms. The van der Waals surface area contributed by atoms with E-state index in [4.69, 9.17) is 5.11 Å². The molecule has 0 amide bonds. The molecule has 1 rings (SSSR count). The number of aliphatic carboxylic acids is 1. The van der Waals surface area contributed by atoms with Crippen molar-refractivity contribution in [1.82, 2.24) is 4.31 Å². The van der Waals surface area contributed by atoms with Crippen molar-refractivity contribution in [2.24, 2.45) is 5.41 Å². The molecule has 5 nitrogen and oxygen atoms in total. The lowest BCUT2D eigenvalue weighted by Gasteiger charge is -2.33. The van der Waals surface area contributed by atoms with Crippen molar-refractivity contribution >= 4 is 16.0 Å². The number of hydrogen-bond donors (Lipinski definition) is 1. The monoisotopic (exact) mass is 263 g/mol. The highest BCUT2D eigenvalue weighted by molar-refractivity contribution is 7.89. The van der Waals surface area contributed by atoms with Crippen molar-refractivity contribution in [1.29, 1.82) is 0 Å². The van der Waals surface area contributed by atoms with E-state index in [1.807, 2.05) is 20.8 Å². The Hall–Kier alpha value is -0.620. The fourth-order valence-electron chi connectivity index (χ4n) is 2.11. The normalized spacial score (nSPS) is 23.6. The predicted molar refractivity (Wildman–Crippen MR) is 65.2 cm³/mol. The molecule has 6 heteroatoms. The number of carboxylic acid groups (broad SMARTS) is 1. The maximum absolute atomic E-state index is 12.2. The van der Waals surface area contributed by atoms with Crippen molar-refractivity contribution in [2.45, 2.75) is 46.1 Å². The molecular weight excluding hydrogens is 242 g/mol. The smallest absolute Gasteiger partial charge is 0.322 e. The lowest BCUT2D eigenvalue weighted by Crippen LogP contribution is -2.49. The molecule has 0 bridgehead atoms. The maximum Gasteiger partial charge on any atom is 0.322 e. The zero-order valence-corrected chi connectivity index (χ0v) is 11.5. The van der Waals surface area contributed by atoms with Crippen molar-refractivity contribution in [3.8, 4) is 0 Å². The van der Waals surface area contributed by atoms with Crippen LogP contribution in [0.25, 0.3) is 0 Å². The van der Waals surface area contributed by atoms with Crippen LogP contribution >= 0.6 is 0 Å². The first-order valence-corrected chi connectivity index (χ1v) is 7.47. The van der Waals surface area contributed by atoms with Gasteiger partial charge in [-0.2, -0.15) is 4.31 Å². The van der Waals surface area contributed by atoms with Gasteiger partial charge in [-0.1, -0.05) is 20.8 Å². The topological polar surface area (TPSA) is 74.7 Å². The third-order valence-corrected chi connectivity index (χ3v) is 5.09. The second-order valence-corrected chi connectivity index (χ2v) is 7.70. The van der Waals surface area contributed by atoms with Crippen LogP contribution in [0, 0.1) is 5.41 Å². The molecule has 1 atom stereocenters. The molecule has 1 fully saturated rings. The van der Waals surface area contributed by atoms with Crippen LogP contribution in [0.2, 0.25) is 0 Å². The van der Waals surface area contributed by atoms with E-state index in [0.717, 1.165) is 12.8 Å². The Kier molecular flexibility index (Phi) is 4.19. The molecule has 0 aliphatic carbocycles. The van der Waals surface area contributed by atoms with Crippen LogP contribution in [0.3, 0.4) is 0 Å². The molecule has 0 saturated carbocycles. The minimum atomic E-state index is -3.48. The van der Waals surface area contributed by atoms with Crippen molar-refractivity contribution in [3.63, 3.8) is 0 Å². The second kappa shape index (κ2) is 4.94. The summed E-state index contributed by atoms with van der Waals surface area (Å²) in [7, 11) is -3.48. The Balaban J connectivity index is 2.91. The molecule has 1 N–H and O–H groups in total. The highest BCUT2D eigenvalue weighted by Gasteiger charge is 2.38. The lowest BCUT2D eigenvalue weighted by molar-refractivity contribution is -0.142. The maximum atomic E-state index is 12.2. The molecule has 0 radical (unpaired) electrons. The van der Waals surface area contributed by atoms with Crippen molar-refractivity contribution in [3.05, 3.63) is 0 Å².